The molecular weight excluding hydrogens is 190 g/mol. The fourth-order valence-corrected chi connectivity index (χ4v) is 0.859. The number of hydrogen-bond donors (Lipinski definition) is 1. The fraction of sp³-hybridized carbons (Fsp3) is 0.167. The lowest BCUT2D eigenvalue weighted by atomic mass is 10.4. The topological polar surface area (TPSA) is 107 Å². The quantitative estimate of drug-likeness (QED) is 0.722. The molecule has 2 rings (SSSR count). The Bertz CT molecular complexity index is 434. The van der Waals surface area contributed by atoms with E-state index in [-0.39, 0.29) is 23.2 Å². The van der Waals surface area contributed by atoms with Crippen molar-refractivity contribution >= 4 is 11.7 Å². The molecule has 14 heavy (non-hydrogen) atoms. The zero-order chi connectivity index (χ0) is 9.97. The summed E-state index contributed by atoms with van der Waals surface area (Å²) in [5.41, 5.74) is 0.231. The van der Waals surface area contributed by atoms with E-state index in [1.54, 1.807) is 0 Å². The van der Waals surface area contributed by atoms with Gasteiger partial charge in [-0.15, -0.1) is 0 Å². The highest BCUT2D eigenvalue weighted by molar-refractivity contribution is 5.90. The monoisotopic (exact) mass is 195 g/mol. The summed E-state index contributed by atoms with van der Waals surface area (Å²) in [6.07, 6.45) is 1.14. The molecule has 0 aliphatic heterocycles. The van der Waals surface area contributed by atoms with Gasteiger partial charge in [0.1, 0.15) is 0 Å². The lowest BCUT2D eigenvalue weighted by Crippen LogP contribution is -2.07. The van der Waals surface area contributed by atoms with Gasteiger partial charge in [-0.2, -0.15) is 4.98 Å². The van der Waals surface area contributed by atoms with Gasteiger partial charge in [-0.25, -0.2) is 4.63 Å². The van der Waals surface area contributed by atoms with Crippen LogP contribution in [-0.4, -0.2) is 26.4 Å². The van der Waals surface area contributed by atoms with E-state index in [2.05, 4.69) is 34.9 Å². The second-order valence-corrected chi connectivity index (χ2v) is 2.40. The normalized spacial score (nSPS) is 10.1. The van der Waals surface area contributed by atoms with E-state index in [0.29, 0.717) is 0 Å². The van der Waals surface area contributed by atoms with Gasteiger partial charge < -0.3 is 9.84 Å². The highest BCUT2D eigenvalue weighted by Gasteiger charge is 2.16. The largest absolute Gasteiger partial charge is 0.342 e. The van der Waals surface area contributed by atoms with E-state index in [9.17, 15) is 4.79 Å². The molecule has 0 spiro atoms. The van der Waals surface area contributed by atoms with Crippen LogP contribution in [0.3, 0.4) is 0 Å². The number of carbonyl (C=O) groups is 1. The number of rotatable bonds is 2. The van der Waals surface area contributed by atoms with Crippen LogP contribution in [0.5, 0.6) is 0 Å². The second-order valence-electron chi connectivity index (χ2n) is 2.40. The van der Waals surface area contributed by atoms with Gasteiger partial charge in [-0.3, -0.25) is 4.79 Å². The summed E-state index contributed by atoms with van der Waals surface area (Å²) in [4.78, 5) is 14.5. The van der Waals surface area contributed by atoms with Gasteiger partial charge >= 0.3 is 0 Å². The molecule has 8 heteroatoms. The average Bonchev–Trinajstić information content (AvgIpc) is 2.70. The van der Waals surface area contributed by atoms with Crippen LogP contribution in [0.4, 0.5) is 5.82 Å². The Morgan fingerprint density at radius 2 is 2.29 bits per heavy atom. The van der Waals surface area contributed by atoms with E-state index < -0.39 is 0 Å². The molecule has 0 radical (unpaired) electrons. The Morgan fingerprint density at radius 1 is 1.43 bits per heavy atom. The lowest BCUT2D eigenvalue weighted by Gasteiger charge is -1.93. The minimum Gasteiger partial charge on any atom is -0.342 e. The molecule has 0 saturated carbocycles. The first kappa shape index (κ1) is 8.35. The summed E-state index contributed by atoms with van der Waals surface area (Å²) in [7, 11) is 0. The van der Waals surface area contributed by atoms with Gasteiger partial charge in [0.15, 0.2) is 5.69 Å². The average molecular weight is 195 g/mol. The van der Waals surface area contributed by atoms with E-state index in [0.717, 1.165) is 6.39 Å². The minimum absolute atomic E-state index is 0.166. The standard InChI is InChI=1S/C6H5N5O3/c1-3(12)8-6-4(9-14-11-6)5-7-2-13-10-5/h2H,1H3,(H,8,11,12). The highest BCUT2D eigenvalue weighted by atomic mass is 16.6. The number of carbonyl (C=O) groups excluding carboxylic acids is 1. The summed E-state index contributed by atoms with van der Waals surface area (Å²) in [6, 6.07) is 0. The molecule has 0 aromatic carbocycles. The Morgan fingerprint density at radius 3 is 2.93 bits per heavy atom. The van der Waals surface area contributed by atoms with Crippen LogP contribution in [0.15, 0.2) is 15.5 Å². The van der Waals surface area contributed by atoms with Gasteiger partial charge in [0, 0.05) is 6.92 Å². The summed E-state index contributed by atoms with van der Waals surface area (Å²) in [5, 5.41) is 12.9. The number of amides is 1. The van der Waals surface area contributed by atoms with E-state index >= 15 is 0 Å². The second kappa shape index (κ2) is 3.24. The molecule has 2 aromatic rings. The fourth-order valence-electron chi connectivity index (χ4n) is 0.859. The molecule has 0 aliphatic rings. The lowest BCUT2D eigenvalue weighted by molar-refractivity contribution is -0.114. The Balaban J connectivity index is 2.35. The third-order valence-corrected chi connectivity index (χ3v) is 1.36. The minimum atomic E-state index is -0.287. The van der Waals surface area contributed by atoms with Crippen molar-refractivity contribution in [2.75, 3.05) is 5.32 Å². The van der Waals surface area contributed by atoms with Gasteiger partial charge in [-0.05, 0) is 10.3 Å². The molecule has 8 nitrogen and oxygen atoms in total. The third-order valence-electron chi connectivity index (χ3n) is 1.36. The molecule has 0 saturated heterocycles. The van der Waals surface area contributed by atoms with Crippen LogP contribution in [-0.2, 0) is 4.79 Å². The summed E-state index contributed by atoms with van der Waals surface area (Å²) in [5.74, 6) is 0.0827. The SMILES string of the molecule is CC(=O)Nc1nonc1-c1ncon1. The molecule has 72 valence electrons. The summed E-state index contributed by atoms with van der Waals surface area (Å²) < 4.78 is 8.95. The summed E-state index contributed by atoms with van der Waals surface area (Å²) in [6.45, 7) is 1.34. The van der Waals surface area contributed by atoms with Gasteiger partial charge in [-0.1, -0.05) is 5.16 Å². The number of hydrogen-bond acceptors (Lipinski definition) is 7. The van der Waals surface area contributed by atoms with Crippen molar-refractivity contribution in [1.82, 2.24) is 20.5 Å². The molecule has 1 amide bonds. The molecule has 2 heterocycles. The highest BCUT2D eigenvalue weighted by Crippen LogP contribution is 2.19. The van der Waals surface area contributed by atoms with Crippen LogP contribution in [0.2, 0.25) is 0 Å². The predicted octanol–water partition coefficient (Wildman–Crippen LogP) is 0.0780. The molecule has 2 aromatic heterocycles. The predicted molar refractivity (Wildman–Crippen MR) is 41.9 cm³/mol. The maximum Gasteiger partial charge on any atom is 0.228 e. The van der Waals surface area contributed by atoms with E-state index in [1.807, 2.05) is 0 Å². The third kappa shape index (κ3) is 1.44. The molecule has 1 N–H and O–H groups in total. The molecule has 0 atom stereocenters. The molecular formula is C6H5N5O3. The van der Waals surface area contributed by atoms with Gasteiger partial charge in [0.25, 0.3) is 0 Å². The number of nitrogens with zero attached hydrogens (tertiary/aromatic N) is 4. The van der Waals surface area contributed by atoms with Crippen molar-refractivity contribution in [2.24, 2.45) is 0 Å². The van der Waals surface area contributed by atoms with Gasteiger partial charge in [0.2, 0.25) is 23.9 Å². The Kier molecular flexibility index (Phi) is 1.94. The number of anilines is 1. The molecule has 0 fully saturated rings. The molecule has 0 aliphatic carbocycles. The Hall–Kier alpha value is -2.25. The van der Waals surface area contributed by atoms with Crippen LogP contribution in [0.25, 0.3) is 11.5 Å². The first-order chi connectivity index (χ1) is 6.77. The van der Waals surface area contributed by atoms with Crippen LogP contribution in [0.1, 0.15) is 6.92 Å². The van der Waals surface area contributed by atoms with Crippen molar-refractivity contribution < 1.29 is 13.9 Å². The smallest absolute Gasteiger partial charge is 0.228 e. The first-order valence-corrected chi connectivity index (χ1v) is 3.64. The van der Waals surface area contributed by atoms with Crippen molar-refractivity contribution in [2.45, 2.75) is 6.92 Å². The number of nitrogens with one attached hydrogen (secondary N) is 1. The number of aromatic nitrogens is 4. The van der Waals surface area contributed by atoms with Crippen LogP contribution < -0.4 is 5.32 Å². The van der Waals surface area contributed by atoms with Gasteiger partial charge in [0.05, 0.1) is 0 Å². The summed E-state index contributed by atoms with van der Waals surface area (Å²) >= 11 is 0. The Labute approximate surface area is 77.3 Å². The molecule has 0 bridgehead atoms. The van der Waals surface area contributed by atoms with Crippen molar-refractivity contribution in [3.8, 4) is 11.5 Å². The van der Waals surface area contributed by atoms with Crippen LogP contribution >= 0.6 is 0 Å². The van der Waals surface area contributed by atoms with Crippen molar-refractivity contribution in [3.05, 3.63) is 6.39 Å². The van der Waals surface area contributed by atoms with Crippen molar-refractivity contribution in [1.29, 1.82) is 0 Å². The zero-order valence-corrected chi connectivity index (χ0v) is 7.09. The maximum atomic E-state index is 10.7. The van der Waals surface area contributed by atoms with Crippen molar-refractivity contribution in [3.63, 3.8) is 0 Å². The zero-order valence-electron chi connectivity index (χ0n) is 7.09. The first-order valence-electron chi connectivity index (χ1n) is 3.64. The van der Waals surface area contributed by atoms with Crippen LogP contribution in [0, 0.1) is 0 Å². The molecule has 0 unspecified atom stereocenters. The van der Waals surface area contributed by atoms with E-state index in [4.69, 9.17) is 0 Å². The maximum absolute atomic E-state index is 10.7. The van der Waals surface area contributed by atoms with E-state index in [1.165, 1.54) is 6.92 Å².